The molecule has 0 unspecified atom stereocenters. The van der Waals surface area contributed by atoms with E-state index in [1.54, 1.807) is 19.9 Å². The van der Waals surface area contributed by atoms with Gasteiger partial charge in [0.25, 0.3) is 5.91 Å². The number of carbonyl (C=O) groups is 2. The maximum Gasteiger partial charge on any atom is 0.269 e. The van der Waals surface area contributed by atoms with E-state index in [0.717, 1.165) is 0 Å². The number of nitrogens with one attached hydrogen (secondary N) is 2. The van der Waals surface area contributed by atoms with Crippen LogP contribution in [0.1, 0.15) is 50.9 Å². The van der Waals surface area contributed by atoms with Gasteiger partial charge in [-0.3, -0.25) is 15.0 Å². The van der Waals surface area contributed by atoms with E-state index in [2.05, 4.69) is 10.9 Å². The molecule has 0 spiro atoms. The highest BCUT2D eigenvalue weighted by Crippen LogP contribution is 2.29. The zero-order chi connectivity index (χ0) is 20.2. The van der Waals surface area contributed by atoms with Crippen molar-refractivity contribution in [1.29, 1.82) is 0 Å². The van der Waals surface area contributed by atoms with Gasteiger partial charge in [-0.25, -0.2) is 8.42 Å². The first kappa shape index (κ1) is 21.1. The number of ketones is 1. The third-order valence-corrected chi connectivity index (χ3v) is 6.43. The molecule has 8 heteroatoms. The van der Waals surface area contributed by atoms with Crippen LogP contribution in [0.4, 0.5) is 0 Å². The summed E-state index contributed by atoms with van der Waals surface area (Å²) in [4.78, 5) is 24.3. The van der Waals surface area contributed by atoms with Gasteiger partial charge in [0.05, 0.1) is 4.90 Å². The Balaban J connectivity index is 2.14. The predicted octanol–water partition coefficient (Wildman–Crippen LogP) is 2.22. The van der Waals surface area contributed by atoms with Gasteiger partial charge in [-0.1, -0.05) is 39.8 Å². The van der Waals surface area contributed by atoms with Crippen molar-refractivity contribution in [1.82, 2.24) is 15.2 Å². The quantitative estimate of drug-likeness (QED) is 0.693. The molecule has 2 N–H and O–H groups in total. The van der Waals surface area contributed by atoms with Crippen LogP contribution in [0.3, 0.4) is 0 Å². The van der Waals surface area contributed by atoms with Crippen LogP contribution in [0.2, 0.25) is 0 Å². The third kappa shape index (κ3) is 5.17. The SMILES string of the molecule is CCN(CC)S(=O)(=O)c1cccc(C(=O)NNC2=CC(C)(C)CC(=O)C2)c1. The molecule has 2 rings (SSSR count). The van der Waals surface area contributed by atoms with Crippen LogP contribution < -0.4 is 10.9 Å². The maximum absolute atomic E-state index is 12.6. The Morgan fingerprint density at radius 2 is 1.89 bits per heavy atom. The second-order valence-electron chi connectivity index (χ2n) is 7.25. The Bertz CT molecular complexity index is 855. The summed E-state index contributed by atoms with van der Waals surface area (Å²) < 4.78 is 26.6. The lowest BCUT2D eigenvalue weighted by atomic mass is 9.81. The molecule has 0 radical (unpaired) electrons. The number of rotatable bonds is 7. The second-order valence-corrected chi connectivity index (χ2v) is 9.18. The molecule has 0 saturated carbocycles. The van der Waals surface area contributed by atoms with E-state index in [0.29, 0.717) is 25.2 Å². The van der Waals surface area contributed by atoms with Crippen molar-refractivity contribution in [3.05, 3.63) is 41.6 Å². The van der Waals surface area contributed by atoms with E-state index in [1.165, 1.54) is 22.5 Å². The van der Waals surface area contributed by atoms with Crippen molar-refractivity contribution in [3.63, 3.8) is 0 Å². The van der Waals surface area contributed by atoms with Crippen molar-refractivity contribution in [2.45, 2.75) is 45.4 Å². The summed E-state index contributed by atoms with van der Waals surface area (Å²) in [6.45, 7) is 8.15. The highest BCUT2D eigenvalue weighted by Gasteiger charge is 2.26. The number of sulfonamides is 1. The third-order valence-electron chi connectivity index (χ3n) is 4.38. The van der Waals surface area contributed by atoms with Gasteiger partial charge in [0.1, 0.15) is 5.78 Å². The van der Waals surface area contributed by atoms with E-state index in [-0.39, 0.29) is 28.1 Å². The lowest BCUT2D eigenvalue weighted by Crippen LogP contribution is -2.39. The molecule has 0 aromatic heterocycles. The zero-order valence-corrected chi connectivity index (χ0v) is 17.0. The molecule has 1 aromatic rings. The molecule has 0 bridgehead atoms. The van der Waals surface area contributed by atoms with Gasteiger partial charge in [-0.2, -0.15) is 4.31 Å². The number of hydrogen-bond donors (Lipinski definition) is 2. The van der Waals surface area contributed by atoms with Crippen LogP contribution in [-0.4, -0.2) is 37.5 Å². The number of hydrogen-bond acceptors (Lipinski definition) is 5. The first-order valence-corrected chi connectivity index (χ1v) is 10.4. The van der Waals surface area contributed by atoms with E-state index in [4.69, 9.17) is 0 Å². The Morgan fingerprint density at radius 1 is 1.22 bits per heavy atom. The standard InChI is InChI=1S/C19H27N3O4S/c1-5-22(6-2)27(25,26)17-9-7-8-14(10-17)18(24)21-20-15-11-16(23)13-19(3,4)12-15/h7-10,12,20H,5-6,11,13H2,1-4H3,(H,21,24). The van der Waals surface area contributed by atoms with Crippen molar-refractivity contribution in [2.75, 3.05) is 13.1 Å². The van der Waals surface area contributed by atoms with Crippen molar-refractivity contribution < 1.29 is 18.0 Å². The molecule has 0 saturated heterocycles. The monoisotopic (exact) mass is 393 g/mol. The van der Waals surface area contributed by atoms with Gasteiger partial charge in [0.15, 0.2) is 0 Å². The first-order valence-electron chi connectivity index (χ1n) is 8.99. The molecule has 1 aromatic carbocycles. The highest BCUT2D eigenvalue weighted by atomic mass is 32.2. The van der Waals surface area contributed by atoms with Gasteiger partial charge < -0.3 is 5.43 Å². The summed E-state index contributed by atoms with van der Waals surface area (Å²) in [7, 11) is -3.64. The van der Waals surface area contributed by atoms with Crippen molar-refractivity contribution in [2.24, 2.45) is 5.41 Å². The molecular formula is C19H27N3O4S. The van der Waals surface area contributed by atoms with Crippen molar-refractivity contribution in [3.8, 4) is 0 Å². The Morgan fingerprint density at radius 3 is 2.48 bits per heavy atom. The summed E-state index contributed by atoms with van der Waals surface area (Å²) in [5.74, 6) is -0.366. The maximum atomic E-state index is 12.6. The molecule has 0 fully saturated rings. The zero-order valence-electron chi connectivity index (χ0n) is 16.2. The Kier molecular flexibility index (Phi) is 6.43. The lowest BCUT2D eigenvalue weighted by molar-refractivity contribution is -0.120. The number of nitrogens with zero attached hydrogens (tertiary/aromatic N) is 1. The molecule has 148 valence electrons. The number of amides is 1. The Labute approximate surface area is 160 Å². The molecule has 7 nitrogen and oxygen atoms in total. The van der Waals surface area contributed by atoms with E-state index in [1.807, 2.05) is 19.9 Å². The summed E-state index contributed by atoms with van der Waals surface area (Å²) >= 11 is 0. The van der Waals surface area contributed by atoms with Crippen LogP contribution in [0.25, 0.3) is 0 Å². The molecule has 1 aliphatic carbocycles. The minimum atomic E-state index is -3.64. The van der Waals surface area contributed by atoms with Crippen LogP contribution in [0.5, 0.6) is 0 Å². The van der Waals surface area contributed by atoms with Gasteiger partial charge in [-0.15, -0.1) is 0 Å². The topological polar surface area (TPSA) is 95.6 Å². The lowest BCUT2D eigenvalue weighted by Gasteiger charge is -2.27. The van der Waals surface area contributed by atoms with E-state index in [9.17, 15) is 18.0 Å². The van der Waals surface area contributed by atoms with Crippen LogP contribution in [0, 0.1) is 5.41 Å². The molecule has 27 heavy (non-hydrogen) atoms. The molecular weight excluding hydrogens is 366 g/mol. The predicted molar refractivity (Wildman–Crippen MR) is 103 cm³/mol. The van der Waals surface area contributed by atoms with Crippen LogP contribution in [0.15, 0.2) is 40.9 Å². The summed E-state index contributed by atoms with van der Waals surface area (Å²) in [6, 6.07) is 5.91. The number of benzene rings is 1. The molecule has 1 amide bonds. The summed E-state index contributed by atoms with van der Waals surface area (Å²) in [5.41, 5.74) is 5.93. The summed E-state index contributed by atoms with van der Waals surface area (Å²) in [5, 5.41) is 0. The second kappa shape index (κ2) is 8.22. The average Bonchev–Trinajstić information content (AvgIpc) is 2.59. The van der Waals surface area contributed by atoms with E-state index >= 15 is 0 Å². The molecule has 0 atom stereocenters. The fraction of sp³-hybridized carbons (Fsp3) is 0.474. The Hall–Kier alpha value is -2.19. The van der Waals surface area contributed by atoms with E-state index < -0.39 is 15.9 Å². The van der Waals surface area contributed by atoms with Gasteiger partial charge in [0.2, 0.25) is 10.0 Å². The highest BCUT2D eigenvalue weighted by molar-refractivity contribution is 7.89. The first-order chi connectivity index (χ1) is 12.6. The number of carbonyl (C=O) groups excluding carboxylic acids is 2. The minimum absolute atomic E-state index is 0.0760. The van der Waals surface area contributed by atoms with Gasteiger partial charge in [0, 0.05) is 37.2 Å². The molecule has 0 aliphatic heterocycles. The fourth-order valence-corrected chi connectivity index (χ4v) is 4.66. The summed E-state index contributed by atoms with van der Waals surface area (Å²) in [6.07, 6.45) is 2.63. The van der Waals surface area contributed by atoms with Crippen molar-refractivity contribution >= 4 is 21.7 Å². The molecule has 1 aliphatic rings. The average molecular weight is 394 g/mol. The number of Topliss-reactive ketones (excluding diaryl/α,β-unsaturated/α-hetero) is 1. The number of hydrazine groups is 1. The minimum Gasteiger partial charge on any atom is -0.302 e. The molecule has 0 heterocycles. The van der Waals surface area contributed by atoms with Crippen LogP contribution >= 0.6 is 0 Å². The fourth-order valence-electron chi connectivity index (χ4n) is 3.16. The smallest absolute Gasteiger partial charge is 0.269 e. The largest absolute Gasteiger partial charge is 0.302 e. The van der Waals surface area contributed by atoms with Gasteiger partial charge in [-0.05, 0) is 23.6 Å². The number of allylic oxidation sites excluding steroid dienone is 2. The van der Waals surface area contributed by atoms with Crippen LogP contribution in [-0.2, 0) is 14.8 Å². The van der Waals surface area contributed by atoms with Gasteiger partial charge >= 0.3 is 0 Å². The normalized spacial score (nSPS) is 16.8.